The molecule has 11 heteroatoms. The number of hydrogen-bond acceptors (Lipinski definition) is 7. The van der Waals surface area contributed by atoms with Crippen molar-refractivity contribution in [2.75, 3.05) is 19.5 Å². The molecule has 0 fully saturated rings. The summed E-state index contributed by atoms with van der Waals surface area (Å²) in [6, 6.07) is 16.9. The zero-order valence-corrected chi connectivity index (χ0v) is 22.6. The molecule has 2 heterocycles. The third kappa shape index (κ3) is 5.21. The van der Waals surface area contributed by atoms with Gasteiger partial charge >= 0.3 is 0 Å². The minimum atomic E-state index is -0.822. The van der Waals surface area contributed by atoms with Crippen LogP contribution in [0.15, 0.2) is 77.7 Å². The lowest BCUT2D eigenvalue weighted by Crippen LogP contribution is -2.30. The standard InChI is InChI=1S/C31H22F2N4O5/c1-17-12-22(31(39)37(25(17)16-34)20-7-4-18(32)5-8-20)30(38)36-19-6-9-27(23(33)13-19)42-26-10-11-35-24-15-29(41-3)28(40-2)14-21(24)26/h4-15H,1-3H3,(H,36,38). The largest absolute Gasteiger partial charge is 0.493 e. The van der Waals surface area contributed by atoms with Crippen LogP contribution in [0.2, 0.25) is 0 Å². The predicted octanol–water partition coefficient (Wildman–Crippen LogP) is 5.91. The quantitative estimate of drug-likeness (QED) is 0.260. The molecule has 0 aliphatic rings. The molecule has 42 heavy (non-hydrogen) atoms. The van der Waals surface area contributed by atoms with Crippen LogP contribution in [-0.4, -0.2) is 29.7 Å². The average Bonchev–Trinajstić information content (AvgIpc) is 2.99. The Morgan fingerprint density at radius 3 is 2.31 bits per heavy atom. The molecule has 0 radical (unpaired) electrons. The molecule has 2 aromatic heterocycles. The highest BCUT2D eigenvalue weighted by molar-refractivity contribution is 6.04. The van der Waals surface area contributed by atoms with E-state index in [-0.39, 0.29) is 28.4 Å². The zero-order chi connectivity index (χ0) is 30.0. The van der Waals surface area contributed by atoms with E-state index in [0.29, 0.717) is 33.7 Å². The Morgan fingerprint density at radius 1 is 0.929 bits per heavy atom. The van der Waals surface area contributed by atoms with Crippen molar-refractivity contribution >= 4 is 22.5 Å². The maximum absolute atomic E-state index is 15.1. The Hall–Kier alpha value is -5.76. The molecule has 210 valence electrons. The van der Waals surface area contributed by atoms with E-state index in [1.165, 1.54) is 50.7 Å². The summed E-state index contributed by atoms with van der Waals surface area (Å²) in [4.78, 5) is 30.7. The van der Waals surface area contributed by atoms with Crippen molar-refractivity contribution < 1.29 is 27.8 Å². The number of carbonyl (C=O) groups is 1. The molecule has 5 rings (SSSR count). The topological polar surface area (TPSA) is 115 Å². The molecular weight excluding hydrogens is 546 g/mol. The van der Waals surface area contributed by atoms with Crippen molar-refractivity contribution in [3.63, 3.8) is 0 Å². The number of nitrogens with one attached hydrogen (secondary N) is 1. The Balaban J connectivity index is 1.43. The molecule has 5 aromatic rings. The number of anilines is 1. The number of nitrogens with zero attached hydrogens (tertiary/aromatic N) is 3. The number of fused-ring (bicyclic) bond motifs is 1. The van der Waals surface area contributed by atoms with Crippen LogP contribution in [0.25, 0.3) is 16.6 Å². The highest BCUT2D eigenvalue weighted by atomic mass is 19.1. The molecule has 1 amide bonds. The van der Waals surface area contributed by atoms with Crippen molar-refractivity contribution in [2.24, 2.45) is 0 Å². The SMILES string of the molecule is COc1cc2nccc(Oc3ccc(NC(=O)c4cc(C)c(C#N)n(-c5ccc(F)cc5)c4=O)cc3F)c2cc1OC. The first kappa shape index (κ1) is 27.8. The van der Waals surface area contributed by atoms with Crippen LogP contribution in [0.4, 0.5) is 14.5 Å². The van der Waals surface area contributed by atoms with Crippen LogP contribution < -0.4 is 25.1 Å². The summed E-state index contributed by atoms with van der Waals surface area (Å²) in [7, 11) is 2.99. The van der Waals surface area contributed by atoms with Gasteiger partial charge < -0.3 is 19.5 Å². The Bertz CT molecular complexity index is 1950. The van der Waals surface area contributed by atoms with E-state index in [4.69, 9.17) is 14.2 Å². The lowest BCUT2D eigenvalue weighted by atomic mass is 10.1. The number of nitriles is 1. The summed E-state index contributed by atoms with van der Waals surface area (Å²) in [6.07, 6.45) is 1.51. The van der Waals surface area contributed by atoms with Crippen molar-refractivity contribution in [2.45, 2.75) is 6.92 Å². The van der Waals surface area contributed by atoms with Gasteiger partial charge in [0.1, 0.15) is 28.9 Å². The molecule has 0 bridgehead atoms. The number of benzene rings is 3. The summed E-state index contributed by atoms with van der Waals surface area (Å²) >= 11 is 0. The molecule has 0 aliphatic heterocycles. The lowest BCUT2D eigenvalue weighted by Gasteiger charge is -2.14. The zero-order valence-electron chi connectivity index (χ0n) is 22.6. The number of amides is 1. The predicted molar refractivity (Wildman–Crippen MR) is 151 cm³/mol. The normalized spacial score (nSPS) is 10.7. The highest BCUT2D eigenvalue weighted by Crippen LogP contribution is 2.37. The number of hydrogen-bond donors (Lipinski definition) is 1. The molecule has 1 N–H and O–H groups in total. The summed E-state index contributed by atoms with van der Waals surface area (Å²) in [5, 5.41) is 12.7. The maximum Gasteiger partial charge on any atom is 0.269 e. The van der Waals surface area contributed by atoms with Crippen LogP contribution in [0, 0.1) is 29.9 Å². The van der Waals surface area contributed by atoms with Gasteiger partial charge in [0.15, 0.2) is 23.1 Å². The van der Waals surface area contributed by atoms with Crippen molar-refractivity contribution in [1.82, 2.24) is 9.55 Å². The van der Waals surface area contributed by atoms with Gasteiger partial charge in [0, 0.05) is 29.4 Å². The van der Waals surface area contributed by atoms with E-state index in [2.05, 4.69) is 10.3 Å². The Labute approximate surface area is 238 Å². The summed E-state index contributed by atoms with van der Waals surface area (Å²) < 4.78 is 46.1. The molecule has 9 nitrogen and oxygen atoms in total. The van der Waals surface area contributed by atoms with Gasteiger partial charge in [-0.1, -0.05) is 0 Å². The first-order valence-electron chi connectivity index (χ1n) is 12.5. The molecule has 0 unspecified atom stereocenters. The van der Waals surface area contributed by atoms with E-state index >= 15 is 4.39 Å². The number of halogens is 2. The average molecular weight is 569 g/mol. The van der Waals surface area contributed by atoms with Gasteiger partial charge in [0.25, 0.3) is 11.5 Å². The van der Waals surface area contributed by atoms with Gasteiger partial charge in [-0.3, -0.25) is 19.1 Å². The molecule has 0 atom stereocenters. The summed E-state index contributed by atoms with van der Waals surface area (Å²) in [5.74, 6) is -1.02. The number of rotatable bonds is 7. The van der Waals surface area contributed by atoms with Gasteiger partial charge in [-0.25, -0.2) is 8.78 Å². The molecule has 0 saturated heterocycles. The van der Waals surface area contributed by atoms with E-state index < -0.39 is 23.1 Å². The first-order chi connectivity index (χ1) is 20.2. The molecule has 0 aliphatic carbocycles. The Morgan fingerprint density at radius 2 is 1.64 bits per heavy atom. The number of aromatic nitrogens is 2. The number of aryl methyl sites for hydroxylation is 1. The molecular formula is C31H22F2N4O5. The van der Waals surface area contributed by atoms with Gasteiger partial charge in [-0.15, -0.1) is 0 Å². The van der Waals surface area contributed by atoms with E-state index in [1.807, 2.05) is 6.07 Å². The van der Waals surface area contributed by atoms with Gasteiger partial charge in [0.2, 0.25) is 0 Å². The fraction of sp³-hybridized carbons (Fsp3) is 0.0968. The maximum atomic E-state index is 15.1. The number of methoxy groups -OCH3 is 2. The lowest BCUT2D eigenvalue weighted by molar-refractivity contribution is 0.102. The fourth-order valence-electron chi connectivity index (χ4n) is 4.40. The van der Waals surface area contributed by atoms with Crippen LogP contribution in [0.3, 0.4) is 0 Å². The minimum Gasteiger partial charge on any atom is -0.493 e. The second-order valence-corrected chi connectivity index (χ2v) is 9.05. The van der Waals surface area contributed by atoms with Crippen molar-refractivity contribution in [1.29, 1.82) is 5.26 Å². The second kappa shape index (κ2) is 11.4. The third-order valence-corrected chi connectivity index (χ3v) is 6.44. The van der Waals surface area contributed by atoms with E-state index in [0.717, 1.165) is 22.8 Å². The van der Waals surface area contributed by atoms with Crippen LogP contribution in [-0.2, 0) is 0 Å². The second-order valence-electron chi connectivity index (χ2n) is 9.05. The van der Waals surface area contributed by atoms with Crippen molar-refractivity contribution in [3.8, 4) is 34.8 Å². The Kier molecular flexibility index (Phi) is 7.53. The number of pyridine rings is 2. The smallest absolute Gasteiger partial charge is 0.269 e. The molecule has 0 spiro atoms. The van der Waals surface area contributed by atoms with E-state index in [9.17, 15) is 19.2 Å². The highest BCUT2D eigenvalue weighted by Gasteiger charge is 2.20. The van der Waals surface area contributed by atoms with Crippen LogP contribution in [0.5, 0.6) is 23.0 Å². The molecule has 3 aromatic carbocycles. The first-order valence-corrected chi connectivity index (χ1v) is 12.5. The number of carbonyl (C=O) groups excluding carboxylic acids is 1. The number of ether oxygens (including phenoxy) is 3. The summed E-state index contributed by atoms with van der Waals surface area (Å²) in [6.45, 7) is 1.56. The fourth-order valence-corrected chi connectivity index (χ4v) is 4.40. The van der Waals surface area contributed by atoms with E-state index in [1.54, 1.807) is 25.1 Å². The third-order valence-electron chi connectivity index (χ3n) is 6.44. The monoisotopic (exact) mass is 568 g/mol. The summed E-state index contributed by atoms with van der Waals surface area (Å²) in [5.41, 5.74) is 0.0743. The van der Waals surface area contributed by atoms with Crippen molar-refractivity contribution in [3.05, 3.63) is 112 Å². The van der Waals surface area contributed by atoms with Gasteiger partial charge in [-0.05, 0) is 67.1 Å². The van der Waals surface area contributed by atoms with Crippen LogP contribution in [0.1, 0.15) is 21.6 Å². The van der Waals surface area contributed by atoms with Gasteiger partial charge in [0.05, 0.1) is 25.4 Å². The van der Waals surface area contributed by atoms with Crippen LogP contribution >= 0.6 is 0 Å². The molecule has 0 saturated carbocycles. The van der Waals surface area contributed by atoms with Gasteiger partial charge in [-0.2, -0.15) is 5.26 Å². The minimum absolute atomic E-state index is 0.00426.